The van der Waals surface area contributed by atoms with Crippen molar-refractivity contribution < 1.29 is 19.8 Å². The van der Waals surface area contributed by atoms with Crippen molar-refractivity contribution in [2.45, 2.75) is 12.2 Å². The van der Waals surface area contributed by atoms with Crippen LogP contribution in [0.2, 0.25) is 0 Å². The van der Waals surface area contributed by atoms with E-state index >= 15 is 0 Å². The second kappa shape index (κ2) is 8.51. The van der Waals surface area contributed by atoms with Gasteiger partial charge in [-0.2, -0.15) is 0 Å². The van der Waals surface area contributed by atoms with Crippen LogP contribution in [-0.2, 0) is 9.59 Å². The number of para-hydroxylation sites is 2. The van der Waals surface area contributed by atoms with Crippen LogP contribution in [0.25, 0.3) is 0 Å². The molecule has 0 unspecified atom stereocenters. The largest absolute Gasteiger partial charge is 0.380 e. The van der Waals surface area contributed by atoms with E-state index in [-0.39, 0.29) is 0 Å². The molecule has 0 aliphatic rings. The number of carbonyl (C=O) groups excluding carboxylic acids is 2. The van der Waals surface area contributed by atoms with Gasteiger partial charge >= 0.3 is 0 Å². The SMILES string of the molecule is O=C(NNc1ccccc1)[C@@H](O)[C@@H](O)C(=O)NNc1ccccc1. The average molecular weight is 330 g/mol. The summed E-state index contributed by atoms with van der Waals surface area (Å²) in [5, 5.41) is 19.5. The maximum atomic E-state index is 11.8. The van der Waals surface area contributed by atoms with Crippen molar-refractivity contribution in [1.29, 1.82) is 0 Å². The van der Waals surface area contributed by atoms with E-state index < -0.39 is 24.0 Å². The number of hydrogen-bond acceptors (Lipinski definition) is 6. The minimum Gasteiger partial charge on any atom is -0.380 e. The normalized spacial score (nSPS) is 12.6. The van der Waals surface area contributed by atoms with Gasteiger partial charge in [0.25, 0.3) is 11.8 Å². The van der Waals surface area contributed by atoms with Gasteiger partial charge in [0.05, 0.1) is 11.4 Å². The van der Waals surface area contributed by atoms with Crippen LogP contribution in [0.3, 0.4) is 0 Å². The zero-order valence-corrected chi connectivity index (χ0v) is 12.6. The number of nitrogens with one attached hydrogen (secondary N) is 4. The molecule has 0 aliphatic carbocycles. The summed E-state index contributed by atoms with van der Waals surface area (Å²) in [5.41, 5.74) is 10.7. The molecule has 2 amide bonds. The van der Waals surface area contributed by atoms with Gasteiger partial charge in [-0.3, -0.25) is 31.3 Å². The number of aliphatic hydroxyl groups excluding tert-OH is 2. The second-order valence-electron chi connectivity index (χ2n) is 4.85. The predicted molar refractivity (Wildman–Crippen MR) is 88.4 cm³/mol. The molecule has 0 saturated heterocycles. The molecule has 24 heavy (non-hydrogen) atoms. The number of carbonyl (C=O) groups is 2. The fourth-order valence-electron chi connectivity index (χ4n) is 1.75. The third kappa shape index (κ3) is 4.97. The Kier molecular flexibility index (Phi) is 6.12. The molecule has 2 aromatic rings. The van der Waals surface area contributed by atoms with Gasteiger partial charge in [-0.05, 0) is 24.3 Å². The number of aliphatic hydroxyl groups is 2. The minimum absolute atomic E-state index is 0.586. The molecular weight excluding hydrogens is 312 g/mol. The topological polar surface area (TPSA) is 123 Å². The Bertz CT molecular complexity index is 607. The van der Waals surface area contributed by atoms with Crippen LogP contribution in [-0.4, -0.2) is 34.2 Å². The van der Waals surface area contributed by atoms with Crippen LogP contribution in [0.4, 0.5) is 11.4 Å². The Morgan fingerprint density at radius 2 is 1.00 bits per heavy atom. The van der Waals surface area contributed by atoms with E-state index in [0.29, 0.717) is 11.4 Å². The molecule has 2 aromatic carbocycles. The maximum Gasteiger partial charge on any atom is 0.270 e. The van der Waals surface area contributed by atoms with E-state index in [1.807, 2.05) is 0 Å². The number of rotatable bonds is 7. The van der Waals surface area contributed by atoms with Crippen molar-refractivity contribution in [3.8, 4) is 0 Å². The quantitative estimate of drug-likeness (QED) is 0.397. The van der Waals surface area contributed by atoms with Gasteiger partial charge in [0, 0.05) is 0 Å². The first-order valence-corrected chi connectivity index (χ1v) is 7.16. The first-order valence-electron chi connectivity index (χ1n) is 7.16. The molecule has 8 nitrogen and oxygen atoms in total. The van der Waals surface area contributed by atoms with Crippen LogP contribution < -0.4 is 21.7 Å². The Hall–Kier alpha value is -3.10. The monoisotopic (exact) mass is 330 g/mol. The van der Waals surface area contributed by atoms with E-state index in [1.54, 1.807) is 60.7 Å². The lowest BCUT2D eigenvalue weighted by Gasteiger charge is -2.18. The van der Waals surface area contributed by atoms with Gasteiger partial charge in [-0.1, -0.05) is 36.4 Å². The molecule has 0 bridgehead atoms. The molecule has 6 N–H and O–H groups in total. The standard InChI is InChI=1S/C16H18N4O4/c21-13(15(23)19-17-11-7-3-1-4-8-11)14(22)16(24)20-18-12-9-5-2-6-10-12/h1-10,13-14,17-18,21-22H,(H,19,23)(H,20,24)/t13-,14+. The summed E-state index contributed by atoms with van der Waals surface area (Å²) in [5.74, 6) is -1.89. The summed E-state index contributed by atoms with van der Waals surface area (Å²) in [6.07, 6.45) is -3.86. The highest BCUT2D eigenvalue weighted by atomic mass is 16.3. The number of hydrogen-bond donors (Lipinski definition) is 6. The molecule has 2 rings (SSSR count). The molecule has 0 radical (unpaired) electrons. The zero-order valence-electron chi connectivity index (χ0n) is 12.6. The van der Waals surface area contributed by atoms with Gasteiger partial charge in [0.15, 0.2) is 12.2 Å². The molecule has 0 spiro atoms. The molecule has 0 aliphatic heterocycles. The van der Waals surface area contributed by atoms with Crippen LogP contribution in [0.15, 0.2) is 60.7 Å². The summed E-state index contributed by atoms with van der Waals surface area (Å²) >= 11 is 0. The molecule has 0 aromatic heterocycles. The molecular formula is C16H18N4O4. The molecule has 0 heterocycles. The van der Waals surface area contributed by atoms with Gasteiger partial charge in [-0.25, -0.2) is 0 Å². The van der Waals surface area contributed by atoms with Crippen molar-refractivity contribution >= 4 is 23.2 Å². The fourth-order valence-corrected chi connectivity index (χ4v) is 1.75. The van der Waals surface area contributed by atoms with E-state index in [9.17, 15) is 19.8 Å². The lowest BCUT2D eigenvalue weighted by atomic mass is 10.2. The van der Waals surface area contributed by atoms with Gasteiger partial charge in [0.2, 0.25) is 0 Å². The second-order valence-corrected chi connectivity index (χ2v) is 4.85. The van der Waals surface area contributed by atoms with E-state index in [2.05, 4.69) is 21.7 Å². The smallest absolute Gasteiger partial charge is 0.270 e. The van der Waals surface area contributed by atoms with Gasteiger partial charge in [-0.15, -0.1) is 0 Å². The minimum atomic E-state index is -1.93. The van der Waals surface area contributed by atoms with Crippen molar-refractivity contribution in [2.24, 2.45) is 0 Å². The lowest BCUT2D eigenvalue weighted by Crippen LogP contribution is -2.51. The highest BCUT2D eigenvalue weighted by molar-refractivity contribution is 5.91. The number of anilines is 2. The fraction of sp³-hybridized carbons (Fsp3) is 0.125. The third-order valence-electron chi connectivity index (χ3n) is 3.04. The third-order valence-corrected chi connectivity index (χ3v) is 3.04. The van der Waals surface area contributed by atoms with Crippen molar-refractivity contribution in [3.63, 3.8) is 0 Å². The molecule has 2 atom stereocenters. The number of benzene rings is 2. The number of amides is 2. The molecule has 126 valence electrons. The Balaban J connectivity index is 1.80. The summed E-state index contributed by atoms with van der Waals surface area (Å²) in [6.45, 7) is 0. The van der Waals surface area contributed by atoms with Crippen molar-refractivity contribution in [3.05, 3.63) is 60.7 Å². The molecule has 8 heteroatoms. The maximum absolute atomic E-state index is 11.8. The van der Waals surface area contributed by atoms with E-state index in [4.69, 9.17) is 0 Å². The first-order chi connectivity index (χ1) is 11.6. The average Bonchev–Trinajstić information content (AvgIpc) is 2.64. The van der Waals surface area contributed by atoms with Crippen LogP contribution >= 0.6 is 0 Å². The van der Waals surface area contributed by atoms with E-state index in [0.717, 1.165) is 0 Å². The first kappa shape index (κ1) is 17.3. The summed E-state index contributed by atoms with van der Waals surface area (Å²) in [6, 6.07) is 17.4. The van der Waals surface area contributed by atoms with Gasteiger partial charge < -0.3 is 10.2 Å². The summed E-state index contributed by atoms with van der Waals surface area (Å²) in [7, 11) is 0. The highest BCUT2D eigenvalue weighted by Gasteiger charge is 2.30. The molecule has 0 saturated carbocycles. The molecule has 0 fully saturated rings. The Labute approximate surface area is 138 Å². The van der Waals surface area contributed by atoms with Gasteiger partial charge in [0.1, 0.15) is 0 Å². The van der Waals surface area contributed by atoms with Crippen molar-refractivity contribution in [1.82, 2.24) is 10.9 Å². The van der Waals surface area contributed by atoms with Crippen LogP contribution in [0.1, 0.15) is 0 Å². The van der Waals surface area contributed by atoms with E-state index in [1.165, 1.54) is 0 Å². The highest BCUT2D eigenvalue weighted by Crippen LogP contribution is 2.04. The lowest BCUT2D eigenvalue weighted by molar-refractivity contribution is -0.145. The zero-order chi connectivity index (χ0) is 17.4. The van der Waals surface area contributed by atoms with Crippen LogP contribution in [0, 0.1) is 0 Å². The number of hydrazine groups is 2. The Morgan fingerprint density at radius 1 is 0.667 bits per heavy atom. The Morgan fingerprint density at radius 3 is 1.33 bits per heavy atom. The summed E-state index contributed by atoms with van der Waals surface area (Å²) < 4.78 is 0. The van der Waals surface area contributed by atoms with Crippen molar-refractivity contribution in [2.75, 3.05) is 10.9 Å². The predicted octanol–water partition coefficient (Wildman–Crippen LogP) is -0.00520. The van der Waals surface area contributed by atoms with Crippen LogP contribution in [0.5, 0.6) is 0 Å². The summed E-state index contributed by atoms with van der Waals surface area (Å²) in [4.78, 5) is 23.5.